The van der Waals surface area contributed by atoms with Gasteiger partial charge in [0, 0.05) is 24.8 Å². The van der Waals surface area contributed by atoms with Crippen LogP contribution in [0.3, 0.4) is 0 Å². The fraction of sp³-hybridized carbons (Fsp3) is 0.333. The number of carbonyl (C=O) groups is 1. The van der Waals surface area contributed by atoms with Crippen molar-refractivity contribution in [2.75, 3.05) is 38.4 Å². The third-order valence-corrected chi connectivity index (χ3v) is 8.07. The first kappa shape index (κ1) is 22.0. The number of hydrogen-bond donors (Lipinski definition) is 1. The Bertz CT molecular complexity index is 1300. The number of nitrogens with zero attached hydrogens (tertiary/aromatic N) is 2. The Morgan fingerprint density at radius 2 is 1.91 bits per heavy atom. The number of benzene rings is 2. The predicted molar refractivity (Wildman–Crippen MR) is 120 cm³/mol. The molecular formula is C21H21N3O7S2. The molecule has 2 aromatic carbocycles. The monoisotopic (exact) mass is 491 g/mol. The smallest absolute Gasteiger partial charge is 0.257 e. The lowest BCUT2D eigenvalue weighted by Crippen LogP contribution is -2.40. The van der Waals surface area contributed by atoms with Gasteiger partial charge in [0.2, 0.25) is 22.7 Å². The number of rotatable bonds is 6. The summed E-state index contributed by atoms with van der Waals surface area (Å²) in [5.41, 5.74) is 1.45. The molecule has 1 amide bonds. The van der Waals surface area contributed by atoms with E-state index >= 15 is 0 Å². The lowest BCUT2D eigenvalue weighted by molar-refractivity contribution is -0.115. The lowest BCUT2D eigenvalue weighted by Gasteiger charge is -2.25. The molecule has 3 heterocycles. The molecule has 0 aliphatic carbocycles. The summed E-state index contributed by atoms with van der Waals surface area (Å²) in [5, 5.41) is 2.59. The van der Waals surface area contributed by atoms with E-state index in [0.717, 1.165) is 11.8 Å². The summed E-state index contributed by atoms with van der Waals surface area (Å²) >= 11 is 1.14. The van der Waals surface area contributed by atoms with Gasteiger partial charge in [-0.05, 0) is 37.3 Å². The van der Waals surface area contributed by atoms with Gasteiger partial charge in [0.05, 0.1) is 23.4 Å². The summed E-state index contributed by atoms with van der Waals surface area (Å²) in [6.07, 6.45) is 0. The van der Waals surface area contributed by atoms with Gasteiger partial charge < -0.3 is 23.9 Å². The van der Waals surface area contributed by atoms with E-state index in [2.05, 4.69) is 10.3 Å². The molecule has 5 rings (SSSR count). The average molecular weight is 492 g/mol. The zero-order valence-electron chi connectivity index (χ0n) is 17.6. The highest BCUT2D eigenvalue weighted by Gasteiger charge is 2.27. The van der Waals surface area contributed by atoms with E-state index in [4.69, 9.17) is 18.6 Å². The standard InChI is InChI=1S/C21H21N3O7S2/c1-13(20(25)22-14-2-4-18-19(10-14)30-12-29-18)32-21-23-16-11-15(3-5-17(16)31-21)33(26,27)24-6-8-28-9-7-24/h2-5,10-11,13H,6-9,12H2,1H3,(H,22,25)/t13-/m0/s1. The van der Waals surface area contributed by atoms with Crippen molar-refractivity contribution in [3.63, 3.8) is 0 Å². The van der Waals surface area contributed by atoms with Crippen LogP contribution in [0.25, 0.3) is 11.1 Å². The zero-order chi connectivity index (χ0) is 23.0. The highest BCUT2D eigenvalue weighted by atomic mass is 32.2. The number of ether oxygens (including phenoxy) is 3. The maximum atomic E-state index is 12.9. The van der Waals surface area contributed by atoms with E-state index in [0.29, 0.717) is 54.6 Å². The molecule has 0 radical (unpaired) electrons. The van der Waals surface area contributed by atoms with Gasteiger partial charge >= 0.3 is 0 Å². The van der Waals surface area contributed by atoms with Crippen LogP contribution < -0.4 is 14.8 Å². The molecule has 2 aliphatic rings. The fourth-order valence-corrected chi connectivity index (χ4v) is 5.64. The third-order valence-electron chi connectivity index (χ3n) is 5.23. The molecule has 0 unspecified atom stereocenters. The molecule has 33 heavy (non-hydrogen) atoms. The summed E-state index contributed by atoms with van der Waals surface area (Å²) < 4.78 is 48.7. The zero-order valence-corrected chi connectivity index (χ0v) is 19.3. The first-order chi connectivity index (χ1) is 15.9. The van der Waals surface area contributed by atoms with Crippen LogP contribution in [-0.4, -0.2) is 62.0 Å². The second-order valence-electron chi connectivity index (χ2n) is 7.44. The van der Waals surface area contributed by atoms with E-state index in [-0.39, 0.29) is 22.8 Å². The second kappa shape index (κ2) is 8.86. The molecule has 1 atom stereocenters. The first-order valence-electron chi connectivity index (χ1n) is 10.3. The number of nitrogens with one attached hydrogen (secondary N) is 1. The summed E-state index contributed by atoms with van der Waals surface area (Å²) in [6, 6.07) is 9.75. The molecule has 174 valence electrons. The number of thioether (sulfide) groups is 1. The number of aromatic nitrogens is 1. The van der Waals surface area contributed by atoms with Gasteiger partial charge in [-0.1, -0.05) is 11.8 Å². The van der Waals surface area contributed by atoms with Gasteiger partial charge in [-0.25, -0.2) is 13.4 Å². The minimum atomic E-state index is -3.64. The molecule has 0 saturated carbocycles. The molecule has 1 saturated heterocycles. The normalized spacial score (nSPS) is 17.2. The molecule has 0 spiro atoms. The van der Waals surface area contributed by atoms with Crippen molar-refractivity contribution in [1.29, 1.82) is 0 Å². The molecule has 1 fully saturated rings. The Labute approximate surface area is 194 Å². The van der Waals surface area contributed by atoms with Gasteiger partial charge in [0.25, 0.3) is 5.22 Å². The van der Waals surface area contributed by atoms with Crippen molar-refractivity contribution in [3.8, 4) is 11.5 Å². The molecule has 10 nitrogen and oxygen atoms in total. The van der Waals surface area contributed by atoms with Gasteiger partial charge in [0.15, 0.2) is 17.1 Å². The highest BCUT2D eigenvalue weighted by molar-refractivity contribution is 8.00. The van der Waals surface area contributed by atoms with E-state index in [1.165, 1.54) is 16.4 Å². The number of anilines is 1. The number of carbonyl (C=O) groups excluding carboxylic acids is 1. The fourth-order valence-electron chi connectivity index (χ4n) is 3.46. The summed E-state index contributed by atoms with van der Waals surface area (Å²) in [5.74, 6) is 0.975. The number of sulfonamides is 1. The Morgan fingerprint density at radius 3 is 2.73 bits per heavy atom. The topological polar surface area (TPSA) is 120 Å². The number of hydrogen-bond acceptors (Lipinski definition) is 9. The SMILES string of the molecule is C[C@H](Sc1nc2cc(S(=O)(=O)N3CCOCC3)ccc2o1)C(=O)Nc1ccc2c(c1)OCO2. The van der Waals surface area contributed by atoms with Crippen LogP contribution in [0.5, 0.6) is 11.5 Å². The van der Waals surface area contributed by atoms with Gasteiger partial charge in [0.1, 0.15) is 5.52 Å². The van der Waals surface area contributed by atoms with Crippen LogP contribution in [0.2, 0.25) is 0 Å². The van der Waals surface area contributed by atoms with Crippen molar-refractivity contribution in [1.82, 2.24) is 9.29 Å². The van der Waals surface area contributed by atoms with Gasteiger partial charge in [-0.2, -0.15) is 4.31 Å². The Kier molecular flexibility index (Phi) is 5.91. The van der Waals surface area contributed by atoms with Crippen LogP contribution in [0.4, 0.5) is 5.69 Å². The van der Waals surface area contributed by atoms with Crippen molar-refractivity contribution < 1.29 is 31.8 Å². The molecule has 3 aromatic rings. The first-order valence-corrected chi connectivity index (χ1v) is 12.6. The van der Waals surface area contributed by atoms with Crippen molar-refractivity contribution >= 4 is 44.5 Å². The maximum Gasteiger partial charge on any atom is 0.257 e. The Balaban J connectivity index is 1.28. The second-order valence-corrected chi connectivity index (χ2v) is 10.7. The summed E-state index contributed by atoms with van der Waals surface area (Å²) in [4.78, 5) is 17.2. The van der Waals surface area contributed by atoms with Crippen molar-refractivity contribution in [2.24, 2.45) is 0 Å². The molecule has 1 aromatic heterocycles. The van der Waals surface area contributed by atoms with Crippen molar-refractivity contribution in [3.05, 3.63) is 36.4 Å². The van der Waals surface area contributed by atoms with E-state index in [1.807, 2.05) is 0 Å². The lowest BCUT2D eigenvalue weighted by atomic mass is 10.2. The Morgan fingerprint density at radius 1 is 1.12 bits per heavy atom. The van der Waals surface area contributed by atoms with Gasteiger partial charge in [-0.15, -0.1) is 0 Å². The predicted octanol–water partition coefficient (Wildman–Crippen LogP) is 2.70. The number of morpholine rings is 1. The van der Waals surface area contributed by atoms with Crippen LogP contribution in [-0.2, 0) is 19.6 Å². The summed E-state index contributed by atoms with van der Waals surface area (Å²) in [7, 11) is -3.64. The number of fused-ring (bicyclic) bond motifs is 2. The summed E-state index contributed by atoms with van der Waals surface area (Å²) in [6.45, 7) is 3.27. The highest BCUT2D eigenvalue weighted by Crippen LogP contribution is 2.35. The average Bonchev–Trinajstić information content (AvgIpc) is 3.44. The van der Waals surface area contributed by atoms with Crippen LogP contribution in [0.1, 0.15) is 6.92 Å². The maximum absolute atomic E-state index is 12.9. The molecule has 2 aliphatic heterocycles. The van der Waals surface area contributed by atoms with Crippen LogP contribution in [0.15, 0.2) is 50.9 Å². The van der Waals surface area contributed by atoms with Crippen LogP contribution >= 0.6 is 11.8 Å². The molecule has 12 heteroatoms. The minimum absolute atomic E-state index is 0.148. The Hall–Kier alpha value is -2.80. The van der Waals surface area contributed by atoms with E-state index < -0.39 is 15.3 Å². The van der Waals surface area contributed by atoms with E-state index in [9.17, 15) is 13.2 Å². The quantitative estimate of drug-likeness (QED) is 0.519. The molecule has 0 bridgehead atoms. The largest absolute Gasteiger partial charge is 0.454 e. The van der Waals surface area contributed by atoms with Crippen molar-refractivity contribution in [2.45, 2.75) is 22.3 Å². The number of amides is 1. The minimum Gasteiger partial charge on any atom is -0.454 e. The third kappa shape index (κ3) is 4.51. The molecule has 1 N–H and O–H groups in total. The van der Waals surface area contributed by atoms with Crippen LogP contribution in [0, 0.1) is 0 Å². The molecular weight excluding hydrogens is 470 g/mol. The van der Waals surface area contributed by atoms with Gasteiger partial charge in [-0.3, -0.25) is 4.79 Å². The number of oxazole rings is 1. The van der Waals surface area contributed by atoms with E-state index in [1.54, 1.807) is 31.2 Å².